The van der Waals surface area contributed by atoms with Crippen LogP contribution in [0.15, 0.2) is 42.0 Å². The van der Waals surface area contributed by atoms with Crippen molar-refractivity contribution >= 4 is 10.1 Å². The van der Waals surface area contributed by atoms with Gasteiger partial charge in [-0.15, -0.1) is 0 Å². The second-order valence-corrected chi connectivity index (χ2v) is 11.8. The van der Waals surface area contributed by atoms with Crippen LogP contribution in [0.4, 0.5) is 0 Å². The van der Waals surface area contributed by atoms with Gasteiger partial charge in [-0.3, -0.25) is 4.18 Å². The summed E-state index contributed by atoms with van der Waals surface area (Å²) in [5.74, 6) is 2.42. The summed E-state index contributed by atoms with van der Waals surface area (Å²) in [6.07, 6.45) is 14.5. The maximum atomic E-state index is 12.1. The largest absolute Gasteiger partial charge is 0.271 e. The number of benzene rings is 1. The van der Waals surface area contributed by atoms with Crippen LogP contribution in [0.1, 0.15) is 104 Å². The molecule has 0 spiro atoms. The molecule has 0 heterocycles. The summed E-state index contributed by atoms with van der Waals surface area (Å²) in [7, 11) is -3.51. The molecule has 0 saturated heterocycles. The van der Waals surface area contributed by atoms with E-state index in [1.807, 2.05) is 18.2 Å². The molecular formula is C28H48O3S. The predicted molar refractivity (Wildman–Crippen MR) is 138 cm³/mol. The molecule has 32 heavy (non-hydrogen) atoms. The van der Waals surface area contributed by atoms with E-state index < -0.39 is 10.1 Å². The molecule has 2 unspecified atom stereocenters. The zero-order chi connectivity index (χ0) is 23.8. The molecule has 1 rings (SSSR count). The Morgan fingerprint density at radius 3 is 2.03 bits per heavy atom. The molecule has 0 amide bonds. The third-order valence-electron chi connectivity index (χ3n) is 6.20. The van der Waals surface area contributed by atoms with Crippen molar-refractivity contribution in [1.82, 2.24) is 0 Å². The van der Waals surface area contributed by atoms with Gasteiger partial charge in [0.2, 0.25) is 0 Å². The summed E-state index contributed by atoms with van der Waals surface area (Å²) in [5, 5.41) is 0. The molecule has 0 aliphatic carbocycles. The Bertz CT molecular complexity index is 722. The molecule has 0 aliphatic rings. The molecule has 184 valence electrons. The summed E-state index contributed by atoms with van der Waals surface area (Å²) in [4.78, 5) is 0. The van der Waals surface area contributed by atoms with Crippen molar-refractivity contribution in [3.05, 3.63) is 47.5 Å². The van der Waals surface area contributed by atoms with Crippen LogP contribution in [0.5, 0.6) is 0 Å². The first-order valence-electron chi connectivity index (χ1n) is 12.7. The summed E-state index contributed by atoms with van der Waals surface area (Å²) in [5.41, 5.74) is 2.09. The Balaban J connectivity index is 2.10. The van der Waals surface area contributed by atoms with Gasteiger partial charge in [0, 0.05) is 0 Å². The van der Waals surface area contributed by atoms with Gasteiger partial charge >= 0.3 is 0 Å². The minimum atomic E-state index is -3.51. The zero-order valence-corrected chi connectivity index (χ0v) is 22.1. The van der Waals surface area contributed by atoms with Gasteiger partial charge in [-0.1, -0.05) is 115 Å². The molecular weight excluding hydrogens is 416 g/mol. The molecule has 3 nitrogen and oxygen atoms in total. The van der Waals surface area contributed by atoms with Gasteiger partial charge in [-0.05, 0) is 49.5 Å². The quantitative estimate of drug-likeness (QED) is 0.125. The van der Waals surface area contributed by atoms with Gasteiger partial charge in [0.15, 0.2) is 0 Å². The standard InChI is InChI=1S/C28H48O3S/c1-24(2)13-9-14-25(3)15-10-16-26(4)17-11-18-27(5)19-12-22-31-32(29,30)23-28-20-7-6-8-21-28/h6-8,19-21,24-26H,9-18,22-23H2,1-5H3. The van der Waals surface area contributed by atoms with E-state index in [4.69, 9.17) is 4.18 Å². The van der Waals surface area contributed by atoms with E-state index in [0.29, 0.717) is 6.42 Å². The van der Waals surface area contributed by atoms with Gasteiger partial charge in [0.1, 0.15) is 5.75 Å². The monoisotopic (exact) mass is 464 g/mol. The third kappa shape index (κ3) is 15.6. The van der Waals surface area contributed by atoms with E-state index in [0.717, 1.165) is 29.7 Å². The summed E-state index contributed by atoms with van der Waals surface area (Å²) < 4.78 is 29.3. The first-order valence-corrected chi connectivity index (χ1v) is 14.3. The van der Waals surface area contributed by atoms with Crippen LogP contribution < -0.4 is 0 Å². The number of hydrogen-bond acceptors (Lipinski definition) is 3. The lowest BCUT2D eigenvalue weighted by atomic mass is 9.91. The molecule has 1 aromatic carbocycles. The Morgan fingerprint density at radius 1 is 0.875 bits per heavy atom. The normalized spacial score (nSPS) is 14.6. The fourth-order valence-electron chi connectivity index (χ4n) is 4.11. The molecule has 0 radical (unpaired) electrons. The number of allylic oxidation sites excluding steroid dienone is 1. The zero-order valence-electron chi connectivity index (χ0n) is 21.3. The van der Waals surface area contributed by atoms with Gasteiger partial charge < -0.3 is 0 Å². The Labute approximate surface area is 199 Å². The van der Waals surface area contributed by atoms with Gasteiger partial charge in [-0.25, -0.2) is 0 Å². The van der Waals surface area contributed by atoms with Gasteiger partial charge in [0.25, 0.3) is 10.1 Å². The highest BCUT2D eigenvalue weighted by Crippen LogP contribution is 2.22. The Kier molecular flexibility index (Phi) is 14.9. The molecule has 1 aromatic rings. The lowest BCUT2D eigenvalue weighted by Crippen LogP contribution is -2.09. The van der Waals surface area contributed by atoms with Crippen LogP contribution >= 0.6 is 0 Å². The highest BCUT2D eigenvalue weighted by Gasteiger charge is 2.12. The van der Waals surface area contributed by atoms with Crippen LogP contribution in [0, 0.1) is 17.8 Å². The molecule has 0 saturated carbocycles. The smallest absolute Gasteiger partial charge is 0.270 e. The molecule has 4 heteroatoms. The van der Waals surface area contributed by atoms with Crippen molar-refractivity contribution in [2.24, 2.45) is 17.8 Å². The third-order valence-corrected chi connectivity index (χ3v) is 7.41. The second-order valence-electron chi connectivity index (χ2n) is 10.2. The Hall–Kier alpha value is -1.13. The van der Waals surface area contributed by atoms with Crippen molar-refractivity contribution in [3.8, 4) is 0 Å². The molecule has 0 aromatic heterocycles. The van der Waals surface area contributed by atoms with E-state index in [1.54, 1.807) is 12.1 Å². The summed E-state index contributed by atoms with van der Waals surface area (Å²) >= 11 is 0. The van der Waals surface area contributed by atoms with Crippen LogP contribution in [-0.4, -0.2) is 15.0 Å². The highest BCUT2D eigenvalue weighted by molar-refractivity contribution is 7.85. The lowest BCUT2D eigenvalue weighted by Gasteiger charge is -2.15. The molecule has 0 bridgehead atoms. The fraction of sp³-hybridized carbons (Fsp3) is 0.714. The maximum Gasteiger partial charge on any atom is 0.271 e. The molecule has 0 N–H and O–H groups in total. The van der Waals surface area contributed by atoms with Crippen molar-refractivity contribution in [1.29, 1.82) is 0 Å². The average Bonchev–Trinajstić information content (AvgIpc) is 2.71. The minimum Gasteiger partial charge on any atom is -0.270 e. The first-order chi connectivity index (χ1) is 15.2. The highest BCUT2D eigenvalue weighted by atomic mass is 32.2. The number of hydrogen-bond donors (Lipinski definition) is 0. The summed E-state index contributed by atoms with van der Waals surface area (Å²) in [6, 6.07) is 9.17. The second kappa shape index (κ2) is 16.5. The Morgan fingerprint density at radius 2 is 1.44 bits per heavy atom. The summed E-state index contributed by atoms with van der Waals surface area (Å²) in [6.45, 7) is 11.8. The van der Waals surface area contributed by atoms with Gasteiger partial charge in [-0.2, -0.15) is 8.42 Å². The van der Waals surface area contributed by atoms with E-state index in [-0.39, 0.29) is 12.4 Å². The lowest BCUT2D eigenvalue weighted by molar-refractivity contribution is 0.323. The van der Waals surface area contributed by atoms with Crippen LogP contribution in [-0.2, 0) is 20.1 Å². The van der Waals surface area contributed by atoms with Crippen LogP contribution in [0.2, 0.25) is 0 Å². The van der Waals surface area contributed by atoms with E-state index >= 15 is 0 Å². The maximum absolute atomic E-state index is 12.1. The first kappa shape index (κ1) is 28.9. The molecule has 0 aliphatic heterocycles. The van der Waals surface area contributed by atoms with Crippen molar-refractivity contribution in [2.45, 2.75) is 105 Å². The van der Waals surface area contributed by atoms with E-state index in [1.165, 1.54) is 56.9 Å². The van der Waals surface area contributed by atoms with E-state index in [2.05, 4.69) is 40.7 Å². The predicted octanol–water partition coefficient (Wildman–Crippen LogP) is 8.31. The van der Waals surface area contributed by atoms with Crippen LogP contribution in [0.3, 0.4) is 0 Å². The van der Waals surface area contributed by atoms with Crippen LogP contribution in [0.25, 0.3) is 0 Å². The fourth-order valence-corrected chi connectivity index (χ4v) is 5.14. The minimum absolute atomic E-state index is 0.0643. The van der Waals surface area contributed by atoms with Crippen molar-refractivity contribution < 1.29 is 12.6 Å². The van der Waals surface area contributed by atoms with Crippen molar-refractivity contribution in [2.75, 3.05) is 6.61 Å². The van der Waals surface area contributed by atoms with E-state index in [9.17, 15) is 8.42 Å². The molecule has 2 atom stereocenters. The topological polar surface area (TPSA) is 43.4 Å². The van der Waals surface area contributed by atoms with Gasteiger partial charge in [0.05, 0.1) is 6.61 Å². The SMILES string of the molecule is CC(=CCCOS(=O)(=O)Cc1ccccc1)CCCC(C)CCCC(C)CCCC(C)C. The number of rotatable bonds is 18. The van der Waals surface area contributed by atoms with Crippen molar-refractivity contribution in [3.63, 3.8) is 0 Å². The average molecular weight is 465 g/mol. The molecule has 0 fully saturated rings.